The lowest BCUT2D eigenvalue weighted by Gasteiger charge is -2.19. The van der Waals surface area contributed by atoms with Crippen molar-refractivity contribution in [3.05, 3.63) is 58.9 Å². The van der Waals surface area contributed by atoms with Gasteiger partial charge in [0.1, 0.15) is 11.8 Å². The van der Waals surface area contributed by atoms with E-state index < -0.39 is 0 Å². The van der Waals surface area contributed by atoms with E-state index >= 15 is 0 Å². The van der Waals surface area contributed by atoms with Crippen LogP contribution in [0.2, 0.25) is 5.02 Å². The van der Waals surface area contributed by atoms with Crippen molar-refractivity contribution in [3.63, 3.8) is 0 Å². The third-order valence-corrected chi connectivity index (χ3v) is 2.84. The summed E-state index contributed by atoms with van der Waals surface area (Å²) in [6.45, 7) is 0.732. The van der Waals surface area contributed by atoms with Gasteiger partial charge in [-0.1, -0.05) is 23.7 Å². The molecule has 90 valence electrons. The first kappa shape index (κ1) is 12.4. The minimum absolute atomic E-state index is 0.422. The molecule has 0 bridgehead atoms. The maximum absolute atomic E-state index is 8.82. The molecule has 1 heterocycles. The van der Waals surface area contributed by atoms with Gasteiger partial charge in [-0.25, -0.2) is 4.98 Å². The third kappa shape index (κ3) is 2.99. The highest BCUT2D eigenvalue weighted by molar-refractivity contribution is 6.30. The molecule has 18 heavy (non-hydrogen) atoms. The molecule has 1 aromatic carbocycles. The van der Waals surface area contributed by atoms with Crippen LogP contribution in [0.4, 0.5) is 5.69 Å². The second-order valence-corrected chi connectivity index (χ2v) is 4.43. The van der Waals surface area contributed by atoms with Crippen molar-refractivity contribution in [1.82, 2.24) is 4.98 Å². The number of anilines is 1. The van der Waals surface area contributed by atoms with E-state index in [-0.39, 0.29) is 0 Å². The topological polar surface area (TPSA) is 39.9 Å². The summed E-state index contributed by atoms with van der Waals surface area (Å²) < 4.78 is 0. The van der Waals surface area contributed by atoms with Gasteiger partial charge in [-0.3, -0.25) is 0 Å². The first-order chi connectivity index (χ1) is 8.69. The van der Waals surface area contributed by atoms with Crippen LogP contribution in [-0.2, 0) is 6.54 Å². The van der Waals surface area contributed by atoms with Crippen molar-refractivity contribution < 1.29 is 0 Å². The molecule has 0 unspecified atom stereocenters. The number of hydrogen-bond acceptors (Lipinski definition) is 3. The highest BCUT2D eigenvalue weighted by Crippen LogP contribution is 2.17. The van der Waals surface area contributed by atoms with Crippen LogP contribution in [0.3, 0.4) is 0 Å². The molecule has 0 atom stereocenters. The molecule has 1 aromatic heterocycles. The van der Waals surface area contributed by atoms with E-state index in [1.54, 1.807) is 12.3 Å². The Morgan fingerprint density at radius 2 is 2.17 bits per heavy atom. The Balaban J connectivity index is 2.17. The number of pyridine rings is 1. The second-order valence-electron chi connectivity index (χ2n) is 4.00. The van der Waals surface area contributed by atoms with Gasteiger partial charge in [0.05, 0.1) is 0 Å². The summed E-state index contributed by atoms with van der Waals surface area (Å²) in [5.41, 5.74) is 2.51. The SMILES string of the molecule is CN(Cc1cccc(Cl)c1)c1ccnc(C#N)c1. The number of nitriles is 1. The highest BCUT2D eigenvalue weighted by Gasteiger charge is 2.04. The van der Waals surface area contributed by atoms with Crippen molar-refractivity contribution in [3.8, 4) is 6.07 Å². The monoisotopic (exact) mass is 257 g/mol. The standard InChI is InChI=1S/C14H12ClN3/c1-18(10-11-3-2-4-12(15)7-11)14-5-6-17-13(8-14)9-16/h2-8H,10H2,1H3. The minimum Gasteiger partial charge on any atom is -0.370 e. The Morgan fingerprint density at radius 3 is 2.89 bits per heavy atom. The Morgan fingerprint density at radius 1 is 1.33 bits per heavy atom. The minimum atomic E-state index is 0.422. The molecular weight excluding hydrogens is 246 g/mol. The zero-order chi connectivity index (χ0) is 13.0. The van der Waals surface area contributed by atoms with Crippen molar-refractivity contribution in [2.24, 2.45) is 0 Å². The van der Waals surface area contributed by atoms with Crippen LogP contribution >= 0.6 is 11.6 Å². The highest BCUT2D eigenvalue weighted by atomic mass is 35.5. The molecule has 0 saturated carbocycles. The fourth-order valence-corrected chi connectivity index (χ4v) is 1.93. The van der Waals surface area contributed by atoms with Gasteiger partial charge in [-0.15, -0.1) is 0 Å². The summed E-state index contributed by atoms with van der Waals surface area (Å²) in [5.74, 6) is 0. The van der Waals surface area contributed by atoms with Crippen LogP contribution in [0.5, 0.6) is 0 Å². The maximum Gasteiger partial charge on any atom is 0.142 e. The summed E-state index contributed by atoms with van der Waals surface area (Å²) in [6, 6.07) is 13.4. The third-order valence-electron chi connectivity index (χ3n) is 2.61. The first-order valence-corrected chi connectivity index (χ1v) is 5.88. The van der Waals surface area contributed by atoms with Crippen LogP contribution in [0.1, 0.15) is 11.3 Å². The van der Waals surface area contributed by atoms with E-state index in [9.17, 15) is 0 Å². The van der Waals surface area contributed by atoms with E-state index in [4.69, 9.17) is 16.9 Å². The van der Waals surface area contributed by atoms with Gasteiger partial charge in [0.2, 0.25) is 0 Å². The van der Waals surface area contributed by atoms with Gasteiger partial charge in [-0.05, 0) is 29.8 Å². The molecule has 0 radical (unpaired) electrons. The van der Waals surface area contributed by atoms with Crippen LogP contribution in [0, 0.1) is 11.3 Å². The van der Waals surface area contributed by atoms with Crippen LogP contribution in [0.25, 0.3) is 0 Å². The van der Waals surface area contributed by atoms with Crippen molar-refractivity contribution in [2.75, 3.05) is 11.9 Å². The number of nitrogens with zero attached hydrogens (tertiary/aromatic N) is 3. The zero-order valence-corrected chi connectivity index (χ0v) is 10.7. The molecule has 2 rings (SSSR count). The zero-order valence-electron chi connectivity index (χ0n) is 9.97. The lowest BCUT2D eigenvalue weighted by atomic mass is 10.2. The van der Waals surface area contributed by atoms with E-state index in [1.165, 1.54) is 0 Å². The molecule has 3 nitrogen and oxygen atoms in total. The fraction of sp³-hybridized carbons (Fsp3) is 0.143. The normalized spacial score (nSPS) is 9.83. The van der Waals surface area contributed by atoms with Crippen molar-refractivity contribution in [2.45, 2.75) is 6.54 Å². The average Bonchev–Trinajstić information content (AvgIpc) is 2.39. The van der Waals surface area contributed by atoms with Crippen LogP contribution in [0.15, 0.2) is 42.6 Å². The summed E-state index contributed by atoms with van der Waals surface area (Å²) in [5, 5.41) is 9.55. The number of aromatic nitrogens is 1. The van der Waals surface area contributed by atoms with E-state index in [1.807, 2.05) is 48.3 Å². The smallest absolute Gasteiger partial charge is 0.142 e. The van der Waals surface area contributed by atoms with Crippen molar-refractivity contribution >= 4 is 17.3 Å². The molecule has 0 aliphatic heterocycles. The number of hydrogen-bond donors (Lipinski definition) is 0. The lowest BCUT2D eigenvalue weighted by molar-refractivity contribution is 0.920. The average molecular weight is 258 g/mol. The lowest BCUT2D eigenvalue weighted by Crippen LogP contribution is -2.16. The van der Waals surface area contributed by atoms with Gasteiger partial charge in [0, 0.05) is 30.5 Å². The molecule has 0 amide bonds. The largest absolute Gasteiger partial charge is 0.370 e. The molecule has 0 spiro atoms. The summed E-state index contributed by atoms with van der Waals surface area (Å²) >= 11 is 5.95. The second kappa shape index (κ2) is 5.52. The summed E-state index contributed by atoms with van der Waals surface area (Å²) in [4.78, 5) is 6.00. The first-order valence-electron chi connectivity index (χ1n) is 5.51. The van der Waals surface area contributed by atoms with Crippen LogP contribution < -0.4 is 4.90 Å². The van der Waals surface area contributed by atoms with Crippen molar-refractivity contribution in [1.29, 1.82) is 5.26 Å². The van der Waals surface area contributed by atoms with E-state index in [2.05, 4.69) is 4.98 Å². The molecule has 0 fully saturated rings. The molecule has 0 saturated heterocycles. The Bertz CT molecular complexity index is 590. The van der Waals surface area contributed by atoms with Gasteiger partial charge in [-0.2, -0.15) is 5.26 Å². The number of benzene rings is 1. The van der Waals surface area contributed by atoms with Gasteiger partial charge >= 0.3 is 0 Å². The molecule has 2 aromatic rings. The predicted molar refractivity (Wildman–Crippen MR) is 72.5 cm³/mol. The van der Waals surface area contributed by atoms with Gasteiger partial charge in [0.15, 0.2) is 0 Å². The summed E-state index contributed by atoms with van der Waals surface area (Å²) in [6.07, 6.45) is 1.64. The Labute approximate surface area is 111 Å². The quantitative estimate of drug-likeness (QED) is 0.847. The van der Waals surface area contributed by atoms with E-state index in [0.717, 1.165) is 22.8 Å². The molecular formula is C14H12ClN3. The maximum atomic E-state index is 8.82. The Hall–Kier alpha value is -2.05. The molecule has 0 aliphatic rings. The predicted octanol–water partition coefficient (Wildman–Crippen LogP) is 3.24. The fourth-order valence-electron chi connectivity index (χ4n) is 1.72. The van der Waals surface area contributed by atoms with Crippen LogP contribution in [-0.4, -0.2) is 12.0 Å². The van der Waals surface area contributed by atoms with Gasteiger partial charge < -0.3 is 4.90 Å². The number of halogens is 1. The van der Waals surface area contributed by atoms with E-state index in [0.29, 0.717) is 5.69 Å². The molecule has 0 N–H and O–H groups in total. The molecule has 4 heteroatoms. The Kier molecular flexibility index (Phi) is 3.81. The summed E-state index contributed by atoms with van der Waals surface area (Å²) in [7, 11) is 1.97. The van der Waals surface area contributed by atoms with Gasteiger partial charge in [0.25, 0.3) is 0 Å². The molecule has 0 aliphatic carbocycles. The number of rotatable bonds is 3.